The standard InChI is InChI=1S/C15H21N3O2S/c1-4-5-6-13-7-9-14(10-8-13)18-21(19,20)15-11(2)16-17-12(15)3/h7-10,18H,4-6H2,1-3H3,(H,16,17). The molecule has 0 radical (unpaired) electrons. The van der Waals surface area contributed by atoms with Crippen molar-refractivity contribution in [1.82, 2.24) is 10.2 Å². The third-order valence-corrected chi connectivity index (χ3v) is 5.00. The maximum atomic E-state index is 12.4. The highest BCUT2D eigenvalue weighted by Gasteiger charge is 2.22. The Hall–Kier alpha value is -1.82. The fraction of sp³-hybridized carbons (Fsp3) is 0.400. The summed E-state index contributed by atoms with van der Waals surface area (Å²) in [6, 6.07) is 7.52. The summed E-state index contributed by atoms with van der Waals surface area (Å²) in [6.07, 6.45) is 3.30. The molecule has 0 aliphatic heterocycles. The molecule has 114 valence electrons. The third-order valence-electron chi connectivity index (χ3n) is 3.35. The normalized spacial score (nSPS) is 11.6. The summed E-state index contributed by atoms with van der Waals surface area (Å²) in [5.41, 5.74) is 2.80. The topological polar surface area (TPSA) is 74.8 Å². The first kappa shape index (κ1) is 15.6. The first-order valence-corrected chi connectivity index (χ1v) is 8.55. The lowest BCUT2D eigenvalue weighted by Gasteiger charge is -2.09. The van der Waals surface area contributed by atoms with Crippen LogP contribution in [0.3, 0.4) is 0 Å². The first-order chi connectivity index (χ1) is 9.94. The van der Waals surface area contributed by atoms with Crippen molar-refractivity contribution >= 4 is 15.7 Å². The number of aromatic amines is 1. The van der Waals surface area contributed by atoms with Gasteiger partial charge in [-0.3, -0.25) is 9.82 Å². The number of anilines is 1. The van der Waals surface area contributed by atoms with E-state index in [2.05, 4.69) is 21.8 Å². The number of aryl methyl sites for hydroxylation is 3. The van der Waals surface area contributed by atoms with Gasteiger partial charge in [-0.1, -0.05) is 25.5 Å². The van der Waals surface area contributed by atoms with E-state index in [9.17, 15) is 8.42 Å². The van der Waals surface area contributed by atoms with Gasteiger partial charge in [-0.05, 0) is 44.4 Å². The highest BCUT2D eigenvalue weighted by atomic mass is 32.2. The number of hydrogen-bond acceptors (Lipinski definition) is 3. The number of rotatable bonds is 6. The number of unbranched alkanes of at least 4 members (excludes halogenated alkanes) is 1. The zero-order valence-electron chi connectivity index (χ0n) is 12.6. The molecule has 0 aliphatic rings. The molecule has 21 heavy (non-hydrogen) atoms. The monoisotopic (exact) mass is 307 g/mol. The first-order valence-electron chi connectivity index (χ1n) is 7.07. The Morgan fingerprint density at radius 3 is 2.38 bits per heavy atom. The summed E-state index contributed by atoms with van der Waals surface area (Å²) in [4.78, 5) is 0.220. The summed E-state index contributed by atoms with van der Waals surface area (Å²) < 4.78 is 27.4. The summed E-state index contributed by atoms with van der Waals surface area (Å²) in [6.45, 7) is 5.52. The molecule has 1 aromatic carbocycles. The van der Waals surface area contributed by atoms with E-state index in [0.29, 0.717) is 17.1 Å². The second-order valence-corrected chi connectivity index (χ2v) is 6.79. The average Bonchev–Trinajstić information content (AvgIpc) is 2.77. The molecule has 2 rings (SSSR count). The largest absolute Gasteiger partial charge is 0.281 e. The van der Waals surface area contributed by atoms with E-state index < -0.39 is 10.0 Å². The van der Waals surface area contributed by atoms with Crippen LogP contribution in [-0.4, -0.2) is 18.6 Å². The number of hydrogen-bond donors (Lipinski definition) is 2. The van der Waals surface area contributed by atoms with Gasteiger partial charge < -0.3 is 0 Å². The van der Waals surface area contributed by atoms with E-state index >= 15 is 0 Å². The maximum Gasteiger partial charge on any atom is 0.265 e. The van der Waals surface area contributed by atoms with E-state index in [1.54, 1.807) is 26.0 Å². The molecule has 2 N–H and O–H groups in total. The zero-order valence-corrected chi connectivity index (χ0v) is 13.4. The van der Waals surface area contributed by atoms with E-state index in [0.717, 1.165) is 19.3 Å². The van der Waals surface area contributed by atoms with Crippen molar-refractivity contribution in [2.75, 3.05) is 4.72 Å². The van der Waals surface area contributed by atoms with Crippen LogP contribution in [0.25, 0.3) is 0 Å². The van der Waals surface area contributed by atoms with Gasteiger partial charge in [0.1, 0.15) is 4.90 Å². The summed E-state index contributed by atoms with van der Waals surface area (Å²) in [5.74, 6) is 0. The van der Waals surface area contributed by atoms with Crippen LogP contribution in [0.2, 0.25) is 0 Å². The molecule has 0 saturated heterocycles. The van der Waals surface area contributed by atoms with Gasteiger partial charge in [-0.15, -0.1) is 0 Å². The predicted octanol–water partition coefficient (Wildman–Crippen LogP) is 3.17. The predicted molar refractivity (Wildman–Crippen MR) is 83.9 cm³/mol. The minimum absolute atomic E-state index is 0.220. The second kappa shape index (κ2) is 6.30. The summed E-state index contributed by atoms with van der Waals surface area (Å²) in [7, 11) is -3.60. The molecule has 1 aromatic heterocycles. The molecule has 0 amide bonds. The molecule has 2 aromatic rings. The van der Waals surface area contributed by atoms with Gasteiger partial charge >= 0.3 is 0 Å². The van der Waals surface area contributed by atoms with Crippen molar-refractivity contribution in [2.45, 2.75) is 44.9 Å². The van der Waals surface area contributed by atoms with Gasteiger partial charge in [0.25, 0.3) is 10.0 Å². The van der Waals surface area contributed by atoms with Crippen molar-refractivity contribution < 1.29 is 8.42 Å². The number of H-pyrrole nitrogens is 1. The van der Waals surface area contributed by atoms with Crippen LogP contribution in [-0.2, 0) is 16.4 Å². The lowest BCUT2D eigenvalue weighted by molar-refractivity contribution is 0.600. The molecule has 0 spiro atoms. The molecule has 1 heterocycles. The van der Waals surface area contributed by atoms with Crippen molar-refractivity contribution in [1.29, 1.82) is 0 Å². The highest BCUT2D eigenvalue weighted by molar-refractivity contribution is 7.92. The van der Waals surface area contributed by atoms with Gasteiger partial charge in [0.2, 0.25) is 0 Å². The Morgan fingerprint density at radius 2 is 1.86 bits per heavy atom. The second-order valence-electron chi connectivity index (χ2n) is 5.17. The minimum Gasteiger partial charge on any atom is -0.281 e. The van der Waals surface area contributed by atoms with Crippen molar-refractivity contribution in [3.8, 4) is 0 Å². The van der Waals surface area contributed by atoms with E-state index in [-0.39, 0.29) is 4.90 Å². The molecule has 6 heteroatoms. The molecule has 0 atom stereocenters. The molecule has 0 aliphatic carbocycles. The van der Waals surface area contributed by atoms with Crippen LogP contribution in [0.15, 0.2) is 29.2 Å². The molecule has 0 bridgehead atoms. The number of nitrogens with zero attached hydrogens (tertiary/aromatic N) is 1. The quantitative estimate of drug-likeness (QED) is 0.860. The number of nitrogens with one attached hydrogen (secondary N) is 2. The fourth-order valence-electron chi connectivity index (χ4n) is 2.26. The van der Waals surface area contributed by atoms with Crippen LogP contribution < -0.4 is 4.72 Å². The zero-order chi connectivity index (χ0) is 15.5. The Bertz CT molecular complexity index is 684. The summed E-state index contributed by atoms with van der Waals surface area (Å²) >= 11 is 0. The van der Waals surface area contributed by atoms with Crippen molar-refractivity contribution in [3.05, 3.63) is 41.2 Å². The molecular weight excluding hydrogens is 286 g/mol. The summed E-state index contributed by atoms with van der Waals surface area (Å²) in [5, 5.41) is 6.62. The van der Waals surface area contributed by atoms with Crippen LogP contribution in [0.5, 0.6) is 0 Å². The maximum absolute atomic E-state index is 12.4. The Balaban J connectivity index is 2.17. The Kier molecular flexibility index (Phi) is 4.67. The molecule has 5 nitrogen and oxygen atoms in total. The van der Waals surface area contributed by atoms with Crippen molar-refractivity contribution in [2.24, 2.45) is 0 Å². The van der Waals surface area contributed by atoms with Crippen LogP contribution >= 0.6 is 0 Å². The fourth-order valence-corrected chi connectivity index (χ4v) is 3.69. The van der Waals surface area contributed by atoms with E-state index in [1.165, 1.54) is 5.56 Å². The highest BCUT2D eigenvalue weighted by Crippen LogP contribution is 2.21. The van der Waals surface area contributed by atoms with Gasteiger partial charge in [0.05, 0.1) is 11.4 Å². The van der Waals surface area contributed by atoms with E-state index in [1.807, 2.05) is 12.1 Å². The van der Waals surface area contributed by atoms with Crippen LogP contribution in [0.4, 0.5) is 5.69 Å². The lowest BCUT2D eigenvalue weighted by atomic mass is 10.1. The van der Waals surface area contributed by atoms with E-state index in [4.69, 9.17) is 0 Å². The Morgan fingerprint density at radius 1 is 1.19 bits per heavy atom. The third kappa shape index (κ3) is 3.64. The van der Waals surface area contributed by atoms with Gasteiger partial charge in [-0.25, -0.2) is 8.42 Å². The number of benzene rings is 1. The molecule has 0 fully saturated rings. The Labute approximate surface area is 125 Å². The van der Waals surface area contributed by atoms with Crippen LogP contribution in [0, 0.1) is 13.8 Å². The lowest BCUT2D eigenvalue weighted by Crippen LogP contribution is -2.14. The molecule has 0 unspecified atom stereocenters. The van der Waals surface area contributed by atoms with Gasteiger partial charge in [-0.2, -0.15) is 5.10 Å². The van der Waals surface area contributed by atoms with Gasteiger partial charge in [0.15, 0.2) is 0 Å². The SMILES string of the molecule is CCCCc1ccc(NS(=O)(=O)c2c(C)n[nH]c2C)cc1. The smallest absolute Gasteiger partial charge is 0.265 e. The molecule has 0 saturated carbocycles. The van der Waals surface area contributed by atoms with Crippen LogP contribution in [0.1, 0.15) is 36.7 Å². The number of sulfonamides is 1. The minimum atomic E-state index is -3.60. The molecular formula is C15H21N3O2S. The van der Waals surface area contributed by atoms with Crippen molar-refractivity contribution in [3.63, 3.8) is 0 Å². The average molecular weight is 307 g/mol. The van der Waals surface area contributed by atoms with Gasteiger partial charge in [0, 0.05) is 5.69 Å². The number of aromatic nitrogens is 2.